The first-order chi connectivity index (χ1) is 12.9. The van der Waals surface area contributed by atoms with Crippen LogP contribution in [0.5, 0.6) is 5.75 Å². The predicted molar refractivity (Wildman–Crippen MR) is 104 cm³/mol. The molecule has 6 nitrogen and oxygen atoms in total. The van der Waals surface area contributed by atoms with Gasteiger partial charge < -0.3 is 10.5 Å². The smallest absolute Gasteiger partial charge is 0.293 e. The number of hydrogen-bond acceptors (Lipinski definition) is 5. The molecule has 0 atom stereocenters. The van der Waals surface area contributed by atoms with Crippen molar-refractivity contribution in [3.8, 4) is 5.75 Å². The normalized spacial score (nSPS) is 15.4. The zero-order valence-electron chi connectivity index (χ0n) is 14.1. The Morgan fingerprint density at radius 1 is 1.15 bits per heavy atom. The van der Waals surface area contributed by atoms with Crippen LogP contribution < -0.4 is 10.5 Å². The largest absolute Gasteiger partial charge is 0.483 e. The Bertz CT molecular complexity index is 928. The Labute approximate surface area is 164 Å². The highest BCUT2D eigenvalue weighted by Crippen LogP contribution is 2.34. The highest BCUT2D eigenvalue weighted by Gasteiger charge is 2.35. The van der Waals surface area contributed by atoms with E-state index >= 15 is 0 Å². The SMILES string of the molecule is NC(=O)COc1ccccc1/C=C1\SC(=O)N(Cc2ccc(Cl)cc2)C1=O. The summed E-state index contributed by atoms with van der Waals surface area (Å²) < 4.78 is 5.35. The van der Waals surface area contributed by atoms with Crippen LogP contribution >= 0.6 is 23.4 Å². The second-order valence-electron chi connectivity index (χ2n) is 5.69. The molecule has 0 unspecified atom stereocenters. The molecule has 0 radical (unpaired) electrons. The molecule has 2 aromatic carbocycles. The molecule has 1 heterocycles. The summed E-state index contributed by atoms with van der Waals surface area (Å²) in [5, 5.41) is 0.233. The van der Waals surface area contributed by atoms with Gasteiger partial charge >= 0.3 is 0 Å². The lowest BCUT2D eigenvalue weighted by molar-refractivity contribution is -0.123. The molecule has 1 aliphatic rings. The van der Waals surface area contributed by atoms with Crippen LogP contribution in [0.4, 0.5) is 4.79 Å². The summed E-state index contributed by atoms with van der Waals surface area (Å²) in [6.07, 6.45) is 1.57. The number of amides is 3. The number of halogens is 1. The van der Waals surface area contributed by atoms with Crippen molar-refractivity contribution in [2.24, 2.45) is 5.73 Å². The van der Waals surface area contributed by atoms with Gasteiger partial charge in [0.1, 0.15) is 5.75 Å². The van der Waals surface area contributed by atoms with Crippen molar-refractivity contribution in [3.63, 3.8) is 0 Å². The number of nitrogens with zero attached hydrogens (tertiary/aromatic N) is 1. The van der Waals surface area contributed by atoms with E-state index in [-0.39, 0.29) is 29.2 Å². The van der Waals surface area contributed by atoms with Crippen molar-refractivity contribution < 1.29 is 19.1 Å². The third-order valence-electron chi connectivity index (χ3n) is 3.70. The summed E-state index contributed by atoms with van der Waals surface area (Å²) in [6, 6.07) is 13.8. The van der Waals surface area contributed by atoms with E-state index in [2.05, 4.69) is 0 Å². The van der Waals surface area contributed by atoms with E-state index in [9.17, 15) is 14.4 Å². The number of thioether (sulfide) groups is 1. The number of rotatable bonds is 6. The summed E-state index contributed by atoms with van der Waals surface area (Å²) in [5.41, 5.74) is 6.48. The number of imide groups is 1. The Hall–Kier alpha value is -2.77. The lowest BCUT2D eigenvalue weighted by atomic mass is 10.1. The van der Waals surface area contributed by atoms with Gasteiger partial charge in [-0.1, -0.05) is 41.9 Å². The van der Waals surface area contributed by atoms with E-state index in [4.69, 9.17) is 22.1 Å². The Kier molecular flexibility index (Phi) is 5.83. The fraction of sp³-hybridized carbons (Fsp3) is 0.105. The summed E-state index contributed by atoms with van der Waals surface area (Å²) in [7, 11) is 0. The average Bonchev–Trinajstić information content (AvgIpc) is 2.90. The van der Waals surface area contributed by atoms with E-state index in [0.717, 1.165) is 17.3 Å². The molecule has 0 aromatic heterocycles. The number of hydrogen-bond donors (Lipinski definition) is 1. The lowest BCUT2D eigenvalue weighted by Gasteiger charge is -2.12. The molecule has 3 amide bonds. The Morgan fingerprint density at radius 2 is 1.85 bits per heavy atom. The second-order valence-corrected chi connectivity index (χ2v) is 7.12. The molecule has 3 rings (SSSR count). The number of carbonyl (C=O) groups is 3. The predicted octanol–water partition coefficient (Wildman–Crippen LogP) is 3.44. The van der Waals surface area contributed by atoms with Gasteiger partial charge in [0.15, 0.2) is 6.61 Å². The molecule has 1 fully saturated rings. The highest BCUT2D eigenvalue weighted by molar-refractivity contribution is 8.18. The van der Waals surface area contributed by atoms with Gasteiger partial charge in [0, 0.05) is 10.6 Å². The topological polar surface area (TPSA) is 89.7 Å². The molecule has 138 valence electrons. The van der Waals surface area contributed by atoms with Crippen molar-refractivity contribution in [1.82, 2.24) is 4.90 Å². The second kappa shape index (κ2) is 8.28. The molecule has 27 heavy (non-hydrogen) atoms. The van der Waals surface area contributed by atoms with Crippen LogP contribution in [0.3, 0.4) is 0 Å². The van der Waals surface area contributed by atoms with E-state index in [1.165, 1.54) is 4.90 Å². The number of nitrogens with two attached hydrogens (primary N) is 1. The first-order valence-electron chi connectivity index (χ1n) is 7.94. The number of ether oxygens (including phenoxy) is 1. The highest BCUT2D eigenvalue weighted by atomic mass is 35.5. The quantitative estimate of drug-likeness (QED) is 0.747. The van der Waals surface area contributed by atoms with Gasteiger partial charge in [-0.25, -0.2) is 0 Å². The minimum atomic E-state index is -0.604. The number of primary amides is 1. The molecule has 0 aliphatic carbocycles. The number of benzene rings is 2. The van der Waals surface area contributed by atoms with Gasteiger partial charge in [0.25, 0.3) is 17.1 Å². The van der Waals surface area contributed by atoms with Gasteiger partial charge in [-0.3, -0.25) is 19.3 Å². The lowest BCUT2D eigenvalue weighted by Crippen LogP contribution is -2.27. The van der Waals surface area contributed by atoms with Gasteiger partial charge in [0.05, 0.1) is 11.4 Å². The molecule has 0 saturated carbocycles. The van der Waals surface area contributed by atoms with Gasteiger partial charge in [-0.15, -0.1) is 0 Å². The maximum atomic E-state index is 12.6. The molecule has 2 aromatic rings. The zero-order valence-corrected chi connectivity index (χ0v) is 15.6. The Morgan fingerprint density at radius 3 is 2.56 bits per heavy atom. The average molecular weight is 403 g/mol. The first kappa shape index (κ1) is 19.0. The first-order valence-corrected chi connectivity index (χ1v) is 9.13. The summed E-state index contributed by atoms with van der Waals surface area (Å²) >= 11 is 6.72. The number of carbonyl (C=O) groups excluding carboxylic acids is 3. The van der Waals surface area contributed by atoms with Gasteiger partial charge in [-0.05, 0) is 41.6 Å². The van der Waals surface area contributed by atoms with Crippen LogP contribution in [0.25, 0.3) is 6.08 Å². The molecule has 8 heteroatoms. The summed E-state index contributed by atoms with van der Waals surface area (Å²) in [5.74, 6) is -0.585. The van der Waals surface area contributed by atoms with Crippen molar-refractivity contribution in [3.05, 3.63) is 69.6 Å². The van der Waals surface area contributed by atoms with Crippen LogP contribution in [0, 0.1) is 0 Å². The molecular weight excluding hydrogens is 388 g/mol. The van der Waals surface area contributed by atoms with Crippen molar-refractivity contribution >= 4 is 46.5 Å². The summed E-state index contributed by atoms with van der Waals surface area (Å²) in [4.78, 5) is 37.3. The summed E-state index contributed by atoms with van der Waals surface area (Å²) in [6.45, 7) is -0.109. The van der Waals surface area contributed by atoms with Crippen LogP contribution in [0.1, 0.15) is 11.1 Å². The van der Waals surface area contributed by atoms with E-state index in [0.29, 0.717) is 16.3 Å². The molecule has 0 spiro atoms. The van der Waals surface area contributed by atoms with E-state index < -0.39 is 5.91 Å². The Balaban J connectivity index is 1.80. The fourth-order valence-corrected chi connectivity index (χ4v) is 3.39. The minimum absolute atomic E-state index is 0.166. The monoisotopic (exact) mass is 402 g/mol. The maximum Gasteiger partial charge on any atom is 0.293 e. The molecule has 1 saturated heterocycles. The minimum Gasteiger partial charge on any atom is -0.483 e. The van der Waals surface area contributed by atoms with Crippen LogP contribution in [-0.4, -0.2) is 28.6 Å². The van der Waals surface area contributed by atoms with E-state index in [1.807, 2.05) is 0 Å². The van der Waals surface area contributed by atoms with E-state index in [1.54, 1.807) is 54.6 Å². The zero-order chi connectivity index (χ0) is 19.4. The van der Waals surface area contributed by atoms with Crippen molar-refractivity contribution in [1.29, 1.82) is 0 Å². The third-order valence-corrected chi connectivity index (χ3v) is 4.86. The van der Waals surface area contributed by atoms with Gasteiger partial charge in [0.2, 0.25) is 0 Å². The van der Waals surface area contributed by atoms with Crippen LogP contribution in [0.2, 0.25) is 5.02 Å². The van der Waals surface area contributed by atoms with Gasteiger partial charge in [-0.2, -0.15) is 0 Å². The fourth-order valence-electron chi connectivity index (χ4n) is 2.43. The van der Waals surface area contributed by atoms with Crippen LogP contribution in [-0.2, 0) is 16.1 Å². The maximum absolute atomic E-state index is 12.6. The molecule has 0 bridgehead atoms. The van der Waals surface area contributed by atoms with Crippen molar-refractivity contribution in [2.75, 3.05) is 6.61 Å². The molecule has 2 N–H and O–H groups in total. The molecule has 1 aliphatic heterocycles. The molecular formula is C19H15ClN2O4S. The number of para-hydroxylation sites is 1. The third kappa shape index (κ3) is 4.69. The standard InChI is InChI=1S/C19H15ClN2O4S/c20-14-7-5-12(6-8-14)10-22-18(24)16(27-19(22)25)9-13-3-1-2-4-15(13)26-11-17(21)23/h1-9H,10-11H2,(H2,21,23)/b16-9-. The van der Waals surface area contributed by atoms with Crippen LogP contribution in [0.15, 0.2) is 53.4 Å². The van der Waals surface area contributed by atoms with Crippen molar-refractivity contribution in [2.45, 2.75) is 6.54 Å².